The fourth-order valence-corrected chi connectivity index (χ4v) is 1.82. The van der Waals surface area contributed by atoms with E-state index in [9.17, 15) is 19.7 Å². The molecule has 1 amide bonds. The zero-order chi connectivity index (χ0) is 14.6. The van der Waals surface area contributed by atoms with Crippen molar-refractivity contribution in [3.05, 3.63) is 33.9 Å². The van der Waals surface area contributed by atoms with Crippen LogP contribution >= 0.6 is 0 Å². The van der Waals surface area contributed by atoms with Gasteiger partial charge in [-0.3, -0.25) is 19.7 Å². The van der Waals surface area contributed by atoms with Crippen molar-refractivity contribution in [2.45, 2.75) is 19.9 Å². The van der Waals surface area contributed by atoms with Crippen molar-refractivity contribution in [3.8, 4) is 0 Å². The number of rotatable bonds is 6. The zero-order valence-electron chi connectivity index (χ0n) is 10.7. The molecule has 0 heterocycles. The number of nitro benzene ring substituents is 1. The van der Waals surface area contributed by atoms with Crippen molar-refractivity contribution >= 4 is 23.6 Å². The molecule has 1 unspecified atom stereocenters. The van der Waals surface area contributed by atoms with Gasteiger partial charge in [-0.25, -0.2) is 0 Å². The molecule has 0 saturated carbocycles. The number of aldehydes is 1. The Kier molecular flexibility index (Phi) is 4.57. The second-order valence-corrected chi connectivity index (χ2v) is 3.98. The molecule has 0 aromatic heterocycles. The summed E-state index contributed by atoms with van der Waals surface area (Å²) in [6.07, 6.45) is 0.526. The molecule has 7 heteroatoms. The summed E-state index contributed by atoms with van der Waals surface area (Å²) in [4.78, 5) is 34.0. The van der Waals surface area contributed by atoms with E-state index in [1.165, 1.54) is 18.2 Å². The van der Waals surface area contributed by atoms with E-state index >= 15 is 0 Å². The van der Waals surface area contributed by atoms with Crippen molar-refractivity contribution in [1.82, 2.24) is 0 Å². The van der Waals surface area contributed by atoms with E-state index in [-0.39, 0.29) is 11.3 Å². The van der Waals surface area contributed by atoms with Crippen LogP contribution in [0.2, 0.25) is 0 Å². The minimum absolute atomic E-state index is 0.157. The van der Waals surface area contributed by atoms with Crippen LogP contribution in [0, 0.1) is 10.1 Å². The van der Waals surface area contributed by atoms with Gasteiger partial charge >= 0.3 is 0 Å². The highest BCUT2D eigenvalue weighted by Crippen LogP contribution is 2.25. The number of benzene rings is 1. The van der Waals surface area contributed by atoms with Crippen LogP contribution in [-0.4, -0.2) is 29.7 Å². The lowest BCUT2D eigenvalue weighted by atomic mass is 10.1. The Hall–Kier alpha value is -2.44. The Labute approximate surface area is 110 Å². The van der Waals surface area contributed by atoms with Gasteiger partial charge in [0.2, 0.25) is 5.91 Å². The number of primary amides is 1. The minimum atomic E-state index is -0.606. The van der Waals surface area contributed by atoms with Crippen LogP contribution in [0.4, 0.5) is 11.4 Å². The van der Waals surface area contributed by atoms with Gasteiger partial charge in [0.05, 0.1) is 4.92 Å². The van der Waals surface area contributed by atoms with Crippen LogP contribution in [0.15, 0.2) is 18.2 Å². The van der Waals surface area contributed by atoms with Crippen molar-refractivity contribution < 1.29 is 14.5 Å². The predicted octanol–water partition coefficient (Wildman–Crippen LogP) is 1.11. The molecular formula is C12H15N3O4. The van der Waals surface area contributed by atoms with Crippen molar-refractivity contribution in [3.63, 3.8) is 0 Å². The molecular weight excluding hydrogens is 250 g/mol. The SMILES string of the molecule is CCN(c1ccc([N+](=O)[O-])cc1C=O)C(C)C(N)=O. The molecule has 1 aromatic rings. The van der Waals surface area contributed by atoms with Crippen LogP contribution in [0.3, 0.4) is 0 Å². The van der Waals surface area contributed by atoms with Gasteiger partial charge in [0.1, 0.15) is 6.04 Å². The van der Waals surface area contributed by atoms with Gasteiger partial charge in [-0.1, -0.05) is 0 Å². The summed E-state index contributed by atoms with van der Waals surface area (Å²) in [5.41, 5.74) is 5.68. The lowest BCUT2D eigenvalue weighted by Crippen LogP contribution is -2.43. The third kappa shape index (κ3) is 3.06. The average Bonchev–Trinajstić information content (AvgIpc) is 2.39. The van der Waals surface area contributed by atoms with Crippen LogP contribution in [-0.2, 0) is 4.79 Å². The summed E-state index contributed by atoms with van der Waals surface area (Å²) in [5, 5.41) is 10.7. The van der Waals surface area contributed by atoms with Gasteiger partial charge in [0, 0.05) is 29.9 Å². The van der Waals surface area contributed by atoms with Gasteiger partial charge in [0.25, 0.3) is 5.69 Å². The second kappa shape index (κ2) is 5.94. The Bertz CT molecular complexity index is 516. The number of nitrogens with two attached hydrogens (primary N) is 1. The Morgan fingerprint density at radius 3 is 2.63 bits per heavy atom. The molecule has 1 rings (SSSR count). The molecule has 2 N–H and O–H groups in total. The number of non-ortho nitro benzene ring substituents is 1. The first-order valence-electron chi connectivity index (χ1n) is 5.72. The highest BCUT2D eigenvalue weighted by Gasteiger charge is 2.21. The third-order valence-electron chi connectivity index (χ3n) is 2.88. The Morgan fingerprint density at radius 2 is 2.21 bits per heavy atom. The molecule has 102 valence electrons. The van der Waals surface area contributed by atoms with Gasteiger partial charge in [0.15, 0.2) is 6.29 Å². The number of likely N-dealkylation sites (N-methyl/N-ethyl adjacent to an activating group) is 1. The summed E-state index contributed by atoms with van der Waals surface area (Å²) in [7, 11) is 0. The van der Waals surface area contributed by atoms with Crippen molar-refractivity contribution in [2.75, 3.05) is 11.4 Å². The maximum absolute atomic E-state index is 11.2. The molecule has 0 aliphatic heterocycles. The van der Waals surface area contributed by atoms with Gasteiger partial charge in [-0.2, -0.15) is 0 Å². The van der Waals surface area contributed by atoms with E-state index in [0.717, 1.165) is 0 Å². The number of hydrogen-bond acceptors (Lipinski definition) is 5. The zero-order valence-corrected chi connectivity index (χ0v) is 10.7. The van der Waals surface area contributed by atoms with Gasteiger partial charge < -0.3 is 10.6 Å². The molecule has 0 radical (unpaired) electrons. The molecule has 0 aliphatic rings. The molecule has 0 saturated heterocycles. The topological polar surface area (TPSA) is 107 Å². The lowest BCUT2D eigenvalue weighted by Gasteiger charge is -2.28. The van der Waals surface area contributed by atoms with Crippen molar-refractivity contribution in [2.24, 2.45) is 5.73 Å². The normalized spacial score (nSPS) is 11.7. The molecule has 1 aromatic carbocycles. The van der Waals surface area contributed by atoms with Crippen LogP contribution in [0.5, 0.6) is 0 Å². The van der Waals surface area contributed by atoms with Crippen LogP contribution in [0.25, 0.3) is 0 Å². The summed E-state index contributed by atoms with van der Waals surface area (Å²) in [6, 6.07) is 3.31. The van der Waals surface area contributed by atoms with Gasteiger partial charge in [-0.15, -0.1) is 0 Å². The first-order chi connectivity index (χ1) is 8.92. The minimum Gasteiger partial charge on any atom is -0.368 e. The average molecular weight is 265 g/mol. The lowest BCUT2D eigenvalue weighted by molar-refractivity contribution is -0.384. The smallest absolute Gasteiger partial charge is 0.270 e. The standard InChI is InChI=1S/C12H15N3O4/c1-3-14(8(2)12(13)17)11-5-4-10(15(18)19)6-9(11)7-16/h4-8H,3H2,1-2H3,(H2,13,17). The maximum Gasteiger partial charge on any atom is 0.270 e. The molecule has 0 spiro atoms. The largest absolute Gasteiger partial charge is 0.368 e. The van der Waals surface area contributed by atoms with Crippen molar-refractivity contribution in [1.29, 1.82) is 0 Å². The molecule has 7 nitrogen and oxygen atoms in total. The number of anilines is 1. The second-order valence-electron chi connectivity index (χ2n) is 3.98. The monoisotopic (exact) mass is 265 g/mol. The molecule has 0 aliphatic carbocycles. The van der Waals surface area contributed by atoms with Gasteiger partial charge in [-0.05, 0) is 19.9 Å². The predicted molar refractivity (Wildman–Crippen MR) is 70.2 cm³/mol. The van der Waals surface area contributed by atoms with E-state index in [2.05, 4.69) is 0 Å². The maximum atomic E-state index is 11.2. The fourth-order valence-electron chi connectivity index (χ4n) is 1.82. The number of hydrogen-bond donors (Lipinski definition) is 1. The Balaban J connectivity index is 3.28. The first kappa shape index (κ1) is 14.6. The van der Waals surface area contributed by atoms with Crippen LogP contribution < -0.4 is 10.6 Å². The quantitative estimate of drug-likeness (QED) is 0.471. The Morgan fingerprint density at radius 1 is 1.58 bits per heavy atom. The van der Waals surface area contributed by atoms with E-state index in [1.807, 2.05) is 0 Å². The molecule has 0 fully saturated rings. The summed E-state index contributed by atoms with van der Waals surface area (Å²) in [5.74, 6) is -0.531. The highest BCUT2D eigenvalue weighted by atomic mass is 16.6. The summed E-state index contributed by atoms with van der Waals surface area (Å²) in [6.45, 7) is 3.86. The number of nitrogens with zero attached hydrogens (tertiary/aromatic N) is 2. The van der Waals surface area contributed by atoms with E-state index in [1.54, 1.807) is 18.7 Å². The first-order valence-corrected chi connectivity index (χ1v) is 5.72. The summed E-state index contributed by atoms with van der Waals surface area (Å²) >= 11 is 0. The number of amides is 1. The molecule has 19 heavy (non-hydrogen) atoms. The molecule has 0 bridgehead atoms. The number of carbonyl (C=O) groups is 2. The van der Waals surface area contributed by atoms with Crippen LogP contribution in [0.1, 0.15) is 24.2 Å². The number of carbonyl (C=O) groups excluding carboxylic acids is 2. The summed E-state index contributed by atoms with van der Waals surface area (Å²) < 4.78 is 0. The van der Waals surface area contributed by atoms with E-state index < -0.39 is 16.9 Å². The third-order valence-corrected chi connectivity index (χ3v) is 2.88. The molecule has 1 atom stereocenters. The van der Waals surface area contributed by atoms with E-state index in [4.69, 9.17) is 5.73 Å². The number of nitro groups is 1. The highest BCUT2D eigenvalue weighted by molar-refractivity contribution is 5.89. The fraction of sp³-hybridized carbons (Fsp3) is 0.333. The van der Waals surface area contributed by atoms with E-state index in [0.29, 0.717) is 18.5 Å².